The van der Waals surface area contributed by atoms with Gasteiger partial charge in [0.1, 0.15) is 11.6 Å². The largest absolute Gasteiger partial charge is 0.454 e. The zero-order valence-electron chi connectivity index (χ0n) is 11.8. The van der Waals surface area contributed by atoms with Crippen LogP contribution in [0, 0.1) is 18.6 Å². The maximum absolute atomic E-state index is 13.8. The molecule has 1 N–H and O–H groups in total. The topological polar surface area (TPSA) is 21.3 Å². The van der Waals surface area contributed by atoms with Gasteiger partial charge in [0.25, 0.3) is 0 Å². The Balaban J connectivity index is 1.84. The number of rotatable bonds is 5. The van der Waals surface area contributed by atoms with Crippen molar-refractivity contribution in [3.8, 4) is 11.5 Å². The van der Waals surface area contributed by atoms with Gasteiger partial charge in [0.2, 0.25) is 0 Å². The second kappa shape index (κ2) is 5.82. The van der Waals surface area contributed by atoms with E-state index in [1.54, 1.807) is 18.2 Å². The Morgan fingerprint density at radius 1 is 1.10 bits per heavy atom. The molecule has 0 bridgehead atoms. The fourth-order valence-electron chi connectivity index (χ4n) is 2.13. The molecule has 0 atom stereocenters. The van der Waals surface area contributed by atoms with E-state index in [0.717, 1.165) is 18.4 Å². The van der Waals surface area contributed by atoms with Crippen LogP contribution in [0.25, 0.3) is 0 Å². The van der Waals surface area contributed by atoms with Crippen LogP contribution in [0.3, 0.4) is 0 Å². The fraction of sp³-hybridized carbons (Fsp3) is 0.294. The highest BCUT2D eigenvalue weighted by Crippen LogP contribution is 2.29. The summed E-state index contributed by atoms with van der Waals surface area (Å²) in [5.41, 5.74) is 1.61. The van der Waals surface area contributed by atoms with Gasteiger partial charge in [-0.2, -0.15) is 0 Å². The van der Waals surface area contributed by atoms with E-state index in [1.165, 1.54) is 18.2 Å². The van der Waals surface area contributed by atoms with Crippen LogP contribution in [0.5, 0.6) is 11.5 Å². The molecule has 0 aliphatic heterocycles. The lowest BCUT2D eigenvalue weighted by Crippen LogP contribution is -2.16. The Hall–Kier alpha value is -1.94. The van der Waals surface area contributed by atoms with E-state index in [2.05, 4.69) is 5.32 Å². The molecule has 0 saturated heterocycles. The van der Waals surface area contributed by atoms with E-state index in [1.807, 2.05) is 6.92 Å². The Kier molecular flexibility index (Phi) is 3.88. The van der Waals surface area contributed by atoms with Crippen LogP contribution in [0.15, 0.2) is 36.4 Å². The van der Waals surface area contributed by atoms with E-state index in [9.17, 15) is 8.78 Å². The monoisotopic (exact) mass is 289 g/mol. The van der Waals surface area contributed by atoms with E-state index in [-0.39, 0.29) is 11.6 Å². The molecule has 0 amide bonds. The average Bonchev–Trinajstić information content (AvgIpc) is 3.27. The minimum absolute atomic E-state index is 0.161. The molecule has 1 aliphatic rings. The molecule has 1 fully saturated rings. The molecule has 0 spiro atoms. The smallest absolute Gasteiger partial charge is 0.165 e. The van der Waals surface area contributed by atoms with Gasteiger partial charge in [-0.05, 0) is 55.7 Å². The Morgan fingerprint density at radius 3 is 2.67 bits per heavy atom. The van der Waals surface area contributed by atoms with Gasteiger partial charge < -0.3 is 10.1 Å². The SMILES string of the molecule is Cc1ccc(F)c(Oc2ccc(F)cc2CNC2CC2)c1. The van der Waals surface area contributed by atoms with Crippen LogP contribution >= 0.6 is 0 Å². The van der Waals surface area contributed by atoms with Crippen LogP contribution in [0.1, 0.15) is 24.0 Å². The van der Waals surface area contributed by atoms with Gasteiger partial charge in [-0.3, -0.25) is 0 Å². The first-order valence-corrected chi connectivity index (χ1v) is 7.07. The number of benzene rings is 2. The first kappa shape index (κ1) is 14.0. The van der Waals surface area contributed by atoms with Gasteiger partial charge in [0, 0.05) is 18.2 Å². The third-order valence-corrected chi connectivity index (χ3v) is 3.49. The molecule has 4 heteroatoms. The molecular weight excluding hydrogens is 272 g/mol. The fourth-order valence-corrected chi connectivity index (χ4v) is 2.13. The summed E-state index contributed by atoms with van der Waals surface area (Å²) in [4.78, 5) is 0. The zero-order valence-corrected chi connectivity index (χ0v) is 11.8. The van der Waals surface area contributed by atoms with E-state index >= 15 is 0 Å². The highest BCUT2D eigenvalue weighted by Gasteiger charge is 2.21. The molecule has 110 valence electrons. The predicted molar refractivity (Wildman–Crippen MR) is 77.5 cm³/mol. The van der Waals surface area contributed by atoms with E-state index in [0.29, 0.717) is 23.9 Å². The van der Waals surface area contributed by atoms with Crippen molar-refractivity contribution in [3.05, 3.63) is 59.2 Å². The van der Waals surface area contributed by atoms with Crippen molar-refractivity contribution in [2.24, 2.45) is 0 Å². The lowest BCUT2D eigenvalue weighted by Gasteiger charge is -2.13. The molecule has 0 heterocycles. The summed E-state index contributed by atoms with van der Waals surface area (Å²) in [5.74, 6) is -0.103. The molecule has 2 aromatic carbocycles. The summed E-state index contributed by atoms with van der Waals surface area (Å²) < 4.78 is 32.8. The Bertz CT molecular complexity index is 653. The second-order valence-electron chi connectivity index (χ2n) is 5.44. The molecule has 1 saturated carbocycles. The van der Waals surface area contributed by atoms with Crippen molar-refractivity contribution in [1.29, 1.82) is 0 Å². The van der Waals surface area contributed by atoms with Crippen molar-refractivity contribution in [3.63, 3.8) is 0 Å². The third kappa shape index (κ3) is 3.58. The van der Waals surface area contributed by atoms with Gasteiger partial charge in [0.05, 0.1) is 0 Å². The number of nitrogens with one attached hydrogen (secondary N) is 1. The van der Waals surface area contributed by atoms with E-state index in [4.69, 9.17) is 4.74 Å². The summed E-state index contributed by atoms with van der Waals surface area (Å²) in [6.45, 7) is 2.39. The quantitative estimate of drug-likeness (QED) is 0.885. The Labute approximate surface area is 122 Å². The Morgan fingerprint density at radius 2 is 1.90 bits per heavy atom. The van der Waals surface area contributed by atoms with Crippen LogP contribution in [0.2, 0.25) is 0 Å². The van der Waals surface area contributed by atoms with Gasteiger partial charge >= 0.3 is 0 Å². The van der Waals surface area contributed by atoms with Gasteiger partial charge in [-0.15, -0.1) is 0 Å². The molecule has 3 rings (SSSR count). The predicted octanol–water partition coefficient (Wildman–Crippen LogP) is 4.32. The second-order valence-corrected chi connectivity index (χ2v) is 5.44. The van der Waals surface area contributed by atoms with Crippen LogP contribution in [0.4, 0.5) is 8.78 Å². The molecule has 1 aliphatic carbocycles. The molecule has 21 heavy (non-hydrogen) atoms. The summed E-state index contributed by atoms with van der Waals surface area (Å²) in [5, 5.41) is 3.31. The number of hydrogen-bond donors (Lipinski definition) is 1. The van der Waals surface area contributed by atoms with Gasteiger partial charge in [-0.1, -0.05) is 6.07 Å². The van der Waals surface area contributed by atoms with Crippen molar-refractivity contribution >= 4 is 0 Å². The van der Waals surface area contributed by atoms with Crippen molar-refractivity contribution in [1.82, 2.24) is 5.32 Å². The molecule has 0 unspecified atom stereocenters. The molecule has 0 aromatic heterocycles. The molecular formula is C17H17F2NO. The first-order valence-electron chi connectivity index (χ1n) is 7.07. The van der Waals surface area contributed by atoms with E-state index < -0.39 is 5.82 Å². The first-order chi connectivity index (χ1) is 10.1. The standard InChI is InChI=1S/C17H17F2NO/c1-11-2-6-15(19)17(8-11)21-16-7-3-13(18)9-12(16)10-20-14-4-5-14/h2-3,6-9,14,20H,4-5,10H2,1H3. The highest BCUT2D eigenvalue weighted by atomic mass is 19.1. The summed E-state index contributed by atoms with van der Waals surface area (Å²) >= 11 is 0. The summed E-state index contributed by atoms with van der Waals surface area (Å²) in [6, 6.07) is 9.50. The third-order valence-electron chi connectivity index (χ3n) is 3.49. The maximum atomic E-state index is 13.8. The van der Waals surface area contributed by atoms with Crippen molar-refractivity contribution < 1.29 is 13.5 Å². The maximum Gasteiger partial charge on any atom is 0.165 e. The van der Waals surface area contributed by atoms with Crippen LogP contribution < -0.4 is 10.1 Å². The highest BCUT2D eigenvalue weighted by molar-refractivity contribution is 5.40. The van der Waals surface area contributed by atoms with Crippen LogP contribution in [-0.4, -0.2) is 6.04 Å². The summed E-state index contributed by atoms with van der Waals surface area (Å²) in [6.07, 6.45) is 2.30. The normalized spacial score (nSPS) is 14.2. The van der Waals surface area contributed by atoms with Crippen LogP contribution in [-0.2, 0) is 6.54 Å². The minimum atomic E-state index is -0.425. The number of ether oxygens (including phenoxy) is 1. The van der Waals surface area contributed by atoms with Gasteiger partial charge in [0.15, 0.2) is 11.6 Å². The molecule has 2 nitrogen and oxygen atoms in total. The lowest BCUT2D eigenvalue weighted by atomic mass is 10.2. The minimum Gasteiger partial charge on any atom is -0.454 e. The lowest BCUT2D eigenvalue weighted by molar-refractivity contribution is 0.433. The zero-order chi connectivity index (χ0) is 14.8. The number of halogens is 2. The summed E-state index contributed by atoms with van der Waals surface area (Å²) in [7, 11) is 0. The number of aryl methyl sites for hydroxylation is 1. The van der Waals surface area contributed by atoms with Crippen molar-refractivity contribution in [2.45, 2.75) is 32.4 Å². The van der Waals surface area contributed by atoms with Crippen molar-refractivity contribution in [2.75, 3.05) is 0 Å². The molecule has 0 radical (unpaired) electrons. The number of hydrogen-bond acceptors (Lipinski definition) is 2. The average molecular weight is 289 g/mol. The van der Waals surface area contributed by atoms with Gasteiger partial charge in [-0.25, -0.2) is 8.78 Å². The molecule has 2 aromatic rings.